The second kappa shape index (κ2) is 9.38. The summed E-state index contributed by atoms with van der Waals surface area (Å²) in [5.41, 5.74) is -0.325. The molecular weight excluding hydrogens is 421 g/mol. The first-order valence-corrected chi connectivity index (χ1v) is 10.9. The minimum absolute atomic E-state index is 0.151. The van der Waals surface area contributed by atoms with Crippen molar-refractivity contribution in [2.24, 2.45) is 0 Å². The van der Waals surface area contributed by atoms with Gasteiger partial charge in [-0.1, -0.05) is 25.1 Å². The van der Waals surface area contributed by atoms with Crippen LogP contribution in [0.25, 0.3) is 0 Å². The zero-order valence-electron chi connectivity index (χ0n) is 16.7. The van der Waals surface area contributed by atoms with Gasteiger partial charge >= 0.3 is 6.18 Å². The Hall–Kier alpha value is -2.75. The Morgan fingerprint density at radius 3 is 2.40 bits per heavy atom. The van der Waals surface area contributed by atoms with Crippen LogP contribution in [0.5, 0.6) is 5.75 Å². The fourth-order valence-corrected chi connectivity index (χ4v) is 4.18. The van der Waals surface area contributed by atoms with E-state index in [9.17, 15) is 26.4 Å². The van der Waals surface area contributed by atoms with Crippen LogP contribution in [-0.4, -0.2) is 33.7 Å². The number of halogens is 3. The van der Waals surface area contributed by atoms with Crippen molar-refractivity contribution in [2.75, 3.05) is 17.7 Å². The molecule has 30 heavy (non-hydrogen) atoms. The van der Waals surface area contributed by atoms with E-state index >= 15 is 0 Å². The van der Waals surface area contributed by atoms with Crippen LogP contribution in [0.1, 0.15) is 24.5 Å². The Bertz CT molecular complexity index is 994. The summed E-state index contributed by atoms with van der Waals surface area (Å²) in [6, 6.07) is 9.76. The van der Waals surface area contributed by atoms with E-state index in [1.165, 1.54) is 31.4 Å². The molecule has 1 N–H and O–H groups in total. The van der Waals surface area contributed by atoms with Gasteiger partial charge in [-0.2, -0.15) is 13.2 Å². The predicted molar refractivity (Wildman–Crippen MR) is 108 cm³/mol. The molecule has 0 saturated heterocycles. The molecule has 0 aliphatic rings. The van der Waals surface area contributed by atoms with Crippen molar-refractivity contribution in [1.29, 1.82) is 0 Å². The van der Waals surface area contributed by atoms with Crippen LogP contribution in [0.15, 0.2) is 48.5 Å². The van der Waals surface area contributed by atoms with E-state index in [2.05, 4.69) is 5.32 Å². The van der Waals surface area contributed by atoms with Gasteiger partial charge in [-0.25, -0.2) is 8.42 Å². The van der Waals surface area contributed by atoms with Crippen molar-refractivity contribution in [3.8, 4) is 5.75 Å². The quantitative estimate of drug-likeness (QED) is 0.676. The van der Waals surface area contributed by atoms with Gasteiger partial charge in [0.2, 0.25) is 15.9 Å². The highest BCUT2D eigenvalue weighted by molar-refractivity contribution is 7.92. The summed E-state index contributed by atoms with van der Waals surface area (Å²) in [5.74, 6) is -0.205. The number of nitrogens with one attached hydrogen (secondary N) is 1. The summed E-state index contributed by atoms with van der Waals surface area (Å²) in [4.78, 5) is 12.8. The molecule has 0 radical (unpaired) electrons. The van der Waals surface area contributed by atoms with E-state index in [-0.39, 0.29) is 24.2 Å². The highest BCUT2D eigenvalue weighted by atomic mass is 32.2. The average Bonchev–Trinajstić information content (AvgIpc) is 2.68. The largest absolute Gasteiger partial charge is 0.497 e. The number of ether oxygens (including phenoxy) is 1. The van der Waals surface area contributed by atoms with Gasteiger partial charge in [0.15, 0.2) is 0 Å². The SMILES string of the molecule is CC[C@H](C(=O)NCc1cccc(C(F)(F)F)c1)N(c1cccc(OC)c1)S(C)(=O)=O. The van der Waals surface area contributed by atoms with Gasteiger partial charge < -0.3 is 10.1 Å². The third-order valence-corrected chi connectivity index (χ3v) is 5.54. The Balaban J connectivity index is 2.26. The molecule has 0 aliphatic carbocycles. The van der Waals surface area contributed by atoms with Crippen LogP contribution in [0.2, 0.25) is 0 Å². The number of carbonyl (C=O) groups excluding carboxylic acids is 1. The Morgan fingerprint density at radius 1 is 1.17 bits per heavy atom. The van der Waals surface area contributed by atoms with Crippen molar-refractivity contribution >= 4 is 21.6 Å². The Kier molecular flexibility index (Phi) is 7.35. The summed E-state index contributed by atoms with van der Waals surface area (Å²) < 4.78 is 69.6. The third kappa shape index (κ3) is 5.88. The van der Waals surface area contributed by atoms with Gasteiger partial charge in [-0.15, -0.1) is 0 Å². The maximum absolute atomic E-state index is 12.9. The van der Waals surface area contributed by atoms with E-state index in [0.29, 0.717) is 5.75 Å². The molecule has 6 nitrogen and oxygen atoms in total. The van der Waals surface area contributed by atoms with Crippen molar-refractivity contribution in [3.63, 3.8) is 0 Å². The molecule has 0 spiro atoms. The highest BCUT2D eigenvalue weighted by Crippen LogP contribution is 2.30. The third-order valence-electron chi connectivity index (χ3n) is 4.36. The topological polar surface area (TPSA) is 75.7 Å². The molecule has 2 rings (SSSR count). The van der Waals surface area contributed by atoms with Crippen molar-refractivity contribution in [2.45, 2.75) is 32.1 Å². The van der Waals surface area contributed by atoms with E-state index < -0.39 is 33.7 Å². The van der Waals surface area contributed by atoms with Crippen LogP contribution in [0.3, 0.4) is 0 Å². The van der Waals surface area contributed by atoms with E-state index in [4.69, 9.17) is 4.74 Å². The molecule has 0 fully saturated rings. The number of sulfonamides is 1. The number of hydrogen-bond donors (Lipinski definition) is 1. The second-order valence-electron chi connectivity index (χ2n) is 6.60. The van der Waals surface area contributed by atoms with Crippen molar-refractivity contribution < 1.29 is 31.1 Å². The molecule has 1 atom stereocenters. The first-order chi connectivity index (χ1) is 14.0. The maximum Gasteiger partial charge on any atom is 0.416 e. The number of hydrogen-bond acceptors (Lipinski definition) is 4. The number of carbonyl (C=O) groups is 1. The van der Waals surface area contributed by atoms with E-state index in [1.807, 2.05) is 0 Å². The van der Waals surface area contributed by atoms with Crippen molar-refractivity contribution in [3.05, 3.63) is 59.7 Å². The lowest BCUT2D eigenvalue weighted by Crippen LogP contribution is -2.49. The monoisotopic (exact) mass is 444 g/mol. The first-order valence-electron chi connectivity index (χ1n) is 9.04. The fraction of sp³-hybridized carbons (Fsp3) is 0.350. The highest BCUT2D eigenvalue weighted by Gasteiger charge is 2.32. The van der Waals surface area contributed by atoms with E-state index in [0.717, 1.165) is 22.7 Å². The fourth-order valence-electron chi connectivity index (χ4n) is 2.97. The minimum atomic E-state index is -4.49. The van der Waals surface area contributed by atoms with Crippen LogP contribution in [0.4, 0.5) is 18.9 Å². The molecule has 0 bridgehead atoms. The lowest BCUT2D eigenvalue weighted by atomic mass is 10.1. The number of alkyl halides is 3. The second-order valence-corrected chi connectivity index (χ2v) is 8.46. The van der Waals surface area contributed by atoms with E-state index in [1.54, 1.807) is 19.1 Å². The zero-order chi connectivity index (χ0) is 22.5. The molecule has 0 heterocycles. The van der Waals surface area contributed by atoms with Gasteiger partial charge in [-0.05, 0) is 36.2 Å². The van der Waals surface area contributed by atoms with Gasteiger partial charge in [0.25, 0.3) is 0 Å². The van der Waals surface area contributed by atoms with Gasteiger partial charge in [0.1, 0.15) is 11.8 Å². The summed E-state index contributed by atoms with van der Waals surface area (Å²) in [6.07, 6.45) is -3.36. The number of nitrogens with zero attached hydrogens (tertiary/aromatic N) is 1. The Labute approximate surface area is 173 Å². The molecule has 0 aromatic heterocycles. The number of methoxy groups -OCH3 is 1. The number of benzene rings is 2. The maximum atomic E-state index is 12.9. The standard InChI is InChI=1S/C20H23F3N2O4S/c1-4-18(25(30(3,27)28)16-9-6-10-17(12-16)29-2)19(26)24-13-14-7-5-8-15(11-14)20(21,22)23/h5-12,18H,4,13H2,1-3H3,(H,24,26)/t18-/m1/s1. The molecule has 164 valence electrons. The first kappa shape index (κ1) is 23.5. The number of rotatable bonds is 8. The number of anilines is 1. The summed E-state index contributed by atoms with van der Waals surface area (Å²) in [7, 11) is -2.41. The molecule has 1 amide bonds. The molecule has 0 saturated carbocycles. The molecule has 2 aromatic carbocycles. The molecule has 10 heteroatoms. The summed E-state index contributed by atoms with van der Waals surface area (Å²) >= 11 is 0. The Morgan fingerprint density at radius 2 is 1.83 bits per heavy atom. The lowest BCUT2D eigenvalue weighted by molar-refractivity contribution is -0.137. The minimum Gasteiger partial charge on any atom is -0.497 e. The van der Waals surface area contributed by atoms with Crippen LogP contribution in [-0.2, 0) is 27.5 Å². The molecular formula is C20H23F3N2O4S. The van der Waals surface area contributed by atoms with Crippen LogP contribution >= 0.6 is 0 Å². The van der Waals surface area contributed by atoms with Gasteiger partial charge in [0.05, 0.1) is 24.6 Å². The summed E-state index contributed by atoms with van der Waals surface area (Å²) in [6.45, 7) is 1.47. The van der Waals surface area contributed by atoms with Crippen LogP contribution < -0.4 is 14.4 Å². The molecule has 2 aromatic rings. The number of amides is 1. The normalized spacial score (nSPS) is 12.9. The molecule has 0 unspecified atom stereocenters. The van der Waals surface area contributed by atoms with Crippen molar-refractivity contribution in [1.82, 2.24) is 5.32 Å². The predicted octanol–water partition coefficient (Wildman–Crippen LogP) is 3.58. The van der Waals surface area contributed by atoms with Gasteiger partial charge in [-0.3, -0.25) is 9.10 Å². The van der Waals surface area contributed by atoms with Crippen LogP contribution in [0, 0.1) is 0 Å². The van der Waals surface area contributed by atoms with Gasteiger partial charge in [0, 0.05) is 12.6 Å². The smallest absolute Gasteiger partial charge is 0.416 e. The molecule has 0 aliphatic heterocycles. The summed E-state index contributed by atoms with van der Waals surface area (Å²) in [5, 5.41) is 2.54. The average molecular weight is 444 g/mol. The zero-order valence-corrected chi connectivity index (χ0v) is 17.5. The lowest BCUT2D eigenvalue weighted by Gasteiger charge is -2.30.